The number of aryl methyl sites for hydroxylation is 1. The Morgan fingerprint density at radius 3 is 2.92 bits per heavy atom. The van der Waals surface area contributed by atoms with E-state index in [0.717, 1.165) is 11.4 Å². The Morgan fingerprint density at radius 2 is 2.50 bits per heavy atom. The van der Waals surface area contributed by atoms with E-state index in [1.807, 2.05) is 6.20 Å². The highest BCUT2D eigenvalue weighted by Gasteiger charge is 2.40. The number of rotatable bonds is 2. The maximum atomic E-state index is 9.81. The summed E-state index contributed by atoms with van der Waals surface area (Å²) in [4.78, 5) is 5.38. The molecule has 1 saturated heterocycles. The number of aliphatic hydroxyl groups is 1. The molecule has 0 aliphatic carbocycles. The maximum Gasteiger partial charge on any atom is 0.162 e. The van der Waals surface area contributed by atoms with Crippen molar-refractivity contribution in [3.63, 3.8) is 0 Å². The van der Waals surface area contributed by atoms with E-state index in [4.69, 9.17) is 4.74 Å². The first-order valence-electron chi connectivity index (χ1n) is 4.00. The van der Waals surface area contributed by atoms with Crippen LogP contribution in [0.2, 0.25) is 0 Å². The van der Waals surface area contributed by atoms with Gasteiger partial charge >= 0.3 is 0 Å². The molecule has 1 aromatic rings. The van der Waals surface area contributed by atoms with Gasteiger partial charge in [-0.05, 0) is 6.42 Å². The minimum atomic E-state index is -0.780. The van der Waals surface area contributed by atoms with Crippen molar-refractivity contribution in [3.8, 4) is 0 Å². The number of hydrogen-bond donors (Lipinski definition) is 1. The minimum absolute atomic E-state index is 0.393. The van der Waals surface area contributed by atoms with Crippen LogP contribution in [0.1, 0.15) is 16.8 Å². The first-order chi connectivity index (χ1) is 5.74. The van der Waals surface area contributed by atoms with Crippen molar-refractivity contribution in [2.24, 2.45) is 0 Å². The molecule has 2 heterocycles. The number of hydrogen-bond acceptors (Lipinski definition) is 4. The van der Waals surface area contributed by atoms with Gasteiger partial charge in [-0.1, -0.05) is 6.92 Å². The molecule has 1 aromatic heterocycles. The quantitative estimate of drug-likeness (QED) is 0.745. The van der Waals surface area contributed by atoms with Gasteiger partial charge in [0.15, 0.2) is 5.60 Å². The summed E-state index contributed by atoms with van der Waals surface area (Å²) < 4.78 is 4.95. The zero-order valence-corrected chi connectivity index (χ0v) is 7.73. The second-order valence-electron chi connectivity index (χ2n) is 3.01. The zero-order chi connectivity index (χ0) is 8.60. The van der Waals surface area contributed by atoms with Gasteiger partial charge in [0.25, 0.3) is 0 Å². The molecule has 2 rings (SSSR count). The summed E-state index contributed by atoms with van der Waals surface area (Å²) in [5.41, 5.74) is -0.780. The molecule has 0 saturated carbocycles. The van der Waals surface area contributed by atoms with Crippen molar-refractivity contribution in [1.82, 2.24) is 4.98 Å². The predicted molar refractivity (Wildman–Crippen MR) is 46.2 cm³/mol. The van der Waals surface area contributed by atoms with E-state index in [1.165, 1.54) is 4.88 Å². The molecular weight excluding hydrogens is 174 g/mol. The summed E-state index contributed by atoms with van der Waals surface area (Å²) in [6.45, 7) is 2.87. The molecule has 1 fully saturated rings. The SMILES string of the molecule is CCc1cnc(C2(O)COC2)s1. The molecule has 0 unspecified atom stereocenters. The van der Waals surface area contributed by atoms with Crippen molar-refractivity contribution >= 4 is 11.3 Å². The van der Waals surface area contributed by atoms with Crippen molar-refractivity contribution < 1.29 is 9.84 Å². The van der Waals surface area contributed by atoms with Crippen LogP contribution in [-0.2, 0) is 16.8 Å². The molecule has 1 aliphatic rings. The highest BCUT2D eigenvalue weighted by Crippen LogP contribution is 2.32. The molecule has 0 atom stereocenters. The molecule has 0 spiro atoms. The third kappa shape index (κ3) is 1.16. The third-order valence-electron chi connectivity index (χ3n) is 1.98. The number of aromatic nitrogens is 1. The Labute approximate surface area is 75.0 Å². The Balaban J connectivity index is 2.22. The van der Waals surface area contributed by atoms with Crippen LogP contribution < -0.4 is 0 Å². The lowest BCUT2D eigenvalue weighted by atomic mass is 10.0. The average molecular weight is 185 g/mol. The van der Waals surface area contributed by atoms with Gasteiger partial charge < -0.3 is 9.84 Å². The molecule has 4 heteroatoms. The Morgan fingerprint density at radius 1 is 1.75 bits per heavy atom. The number of ether oxygens (including phenoxy) is 1. The Bertz CT molecular complexity index is 280. The molecule has 0 amide bonds. The van der Waals surface area contributed by atoms with E-state index in [2.05, 4.69) is 11.9 Å². The van der Waals surface area contributed by atoms with Crippen LogP contribution in [0, 0.1) is 0 Å². The van der Waals surface area contributed by atoms with Crippen LogP contribution in [0.4, 0.5) is 0 Å². The summed E-state index contributed by atoms with van der Waals surface area (Å²) in [5, 5.41) is 10.6. The molecule has 0 aromatic carbocycles. The zero-order valence-electron chi connectivity index (χ0n) is 6.91. The van der Waals surface area contributed by atoms with Crippen LogP contribution in [0.3, 0.4) is 0 Å². The molecule has 1 aliphatic heterocycles. The molecule has 0 bridgehead atoms. The first kappa shape index (κ1) is 8.16. The van der Waals surface area contributed by atoms with E-state index in [9.17, 15) is 5.11 Å². The van der Waals surface area contributed by atoms with E-state index in [1.54, 1.807) is 11.3 Å². The Hall–Kier alpha value is -0.450. The summed E-state index contributed by atoms with van der Waals surface area (Å²) >= 11 is 1.57. The van der Waals surface area contributed by atoms with Gasteiger partial charge in [0, 0.05) is 11.1 Å². The van der Waals surface area contributed by atoms with Crippen molar-refractivity contribution in [2.45, 2.75) is 18.9 Å². The molecule has 66 valence electrons. The topological polar surface area (TPSA) is 42.4 Å². The van der Waals surface area contributed by atoms with Crippen LogP contribution in [0.25, 0.3) is 0 Å². The van der Waals surface area contributed by atoms with Gasteiger partial charge in [-0.25, -0.2) is 4.98 Å². The smallest absolute Gasteiger partial charge is 0.162 e. The molecule has 0 radical (unpaired) electrons. The van der Waals surface area contributed by atoms with Crippen LogP contribution >= 0.6 is 11.3 Å². The number of thiazole rings is 1. The van der Waals surface area contributed by atoms with Crippen LogP contribution in [-0.4, -0.2) is 23.3 Å². The number of nitrogens with zero attached hydrogens (tertiary/aromatic N) is 1. The largest absolute Gasteiger partial charge is 0.378 e. The Kier molecular flexibility index (Phi) is 1.90. The van der Waals surface area contributed by atoms with Crippen molar-refractivity contribution in [3.05, 3.63) is 16.1 Å². The molecular formula is C8H11NO2S. The van der Waals surface area contributed by atoms with Gasteiger partial charge in [0.05, 0.1) is 13.2 Å². The van der Waals surface area contributed by atoms with E-state index < -0.39 is 5.60 Å². The fourth-order valence-corrected chi connectivity index (χ4v) is 2.02. The van der Waals surface area contributed by atoms with Gasteiger partial charge in [0.2, 0.25) is 0 Å². The highest BCUT2D eigenvalue weighted by atomic mass is 32.1. The molecule has 12 heavy (non-hydrogen) atoms. The molecule has 3 nitrogen and oxygen atoms in total. The lowest BCUT2D eigenvalue weighted by Gasteiger charge is -2.34. The second-order valence-corrected chi connectivity index (χ2v) is 4.12. The monoisotopic (exact) mass is 185 g/mol. The van der Waals surface area contributed by atoms with E-state index in [-0.39, 0.29) is 0 Å². The fraction of sp³-hybridized carbons (Fsp3) is 0.625. The third-order valence-corrected chi connectivity index (χ3v) is 3.32. The lowest BCUT2D eigenvalue weighted by molar-refractivity contribution is -0.184. The minimum Gasteiger partial charge on any atom is -0.378 e. The summed E-state index contributed by atoms with van der Waals surface area (Å²) in [6.07, 6.45) is 2.81. The molecule has 1 N–H and O–H groups in total. The van der Waals surface area contributed by atoms with Gasteiger partial charge in [-0.15, -0.1) is 11.3 Å². The second kappa shape index (κ2) is 2.80. The predicted octanol–water partition coefficient (Wildman–Crippen LogP) is 0.923. The highest BCUT2D eigenvalue weighted by molar-refractivity contribution is 7.11. The van der Waals surface area contributed by atoms with E-state index >= 15 is 0 Å². The standard InChI is InChI=1S/C8H11NO2S/c1-2-6-3-9-7(12-6)8(10)4-11-5-8/h3,10H,2,4-5H2,1H3. The maximum absolute atomic E-state index is 9.81. The van der Waals surface area contributed by atoms with Gasteiger partial charge in [0.1, 0.15) is 5.01 Å². The normalized spacial score (nSPS) is 20.5. The average Bonchev–Trinajstić information content (AvgIpc) is 2.48. The summed E-state index contributed by atoms with van der Waals surface area (Å²) in [6, 6.07) is 0. The van der Waals surface area contributed by atoms with Gasteiger partial charge in [-0.3, -0.25) is 0 Å². The fourth-order valence-electron chi connectivity index (χ4n) is 1.10. The van der Waals surface area contributed by atoms with Crippen molar-refractivity contribution in [2.75, 3.05) is 13.2 Å². The summed E-state index contributed by atoms with van der Waals surface area (Å²) in [7, 11) is 0. The van der Waals surface area contributed by atoms with Crippen molar-refractivity contribution in [1.29, 1.82) is 0 Å². The van der Waals surface area contributed by atoms with Crippen LogP contribution in [0.5, 0.6) is 0 Å². The van der Waals surface area contributed by atoms with Gasteiger partial charge in [-0.2, -0.15) is 0 Å². The lowest BCUT2D eigenvalue weighted by Crippen LogP contribution is -2.46. The summed E-state index contributed by atoms with van der Waals surface area (Å²) in [5.74, 6) is 0. The van der Waals surface area contributed by atoms with E-state index in [0.29, 0.717) is 13.2 Å². The van der Waals surface area contributed by atoms with Crippen LogP contribution in [0.15, 0.2) is 6.20 Å². The first-order valence-corrected chi connectivity index (χ1v) is 4.81.